The number of nitro groups is 1. The molecule has 0 aliphatic carbocycles. The summed E-state index contributed by atoms with van der Waals surface area (Å²) >= 11 is 0. The second-order valence-corrected chi connectivity index (χ2v) is 9.67. The van der Waals surface area contributed by atoms with Crippen molar-refractivity contribution in [2.75, 3.05) is 20.2 Å². The van der Waals surface area contributed by atoms with Gasteiger partial charge in [0.15, 0.2) is 0 Å². The van der Waals surface area contributed by atoms with Crippen molar-refractivity contribution >= 4 is 22.5 Å². The summed E-state index contributed by atoms with van der Waals surface area (Å²) in [6.45, 7) is 4.69. The van der Waals surface area contributed by atoms with E-state index < -0.39 is 0 Å². The number of hydrogen-bond donors (Lipinski definition) is 0. The van der Waals surface area contributed by atoms with Crippen LogP contribution in [0.4, 0.5) is 5.69 Å². The molecule has 2 aliphatic heterocycles. The predicted molar refractivity (Wildman–Crippen MR) is 131 cm³/mol. The zero-order valence-corrected chi connectivity index (χ0v) is 19.8. The summed E-state index contributed by atoms with van der Waals surface area (Å²) in [7, 11) is 1.78. The van der Waals surface area contributed by atoms with Gasteiger partial charge in [0.05, 0.1) is 16.1 Å². The van der Waals surface area contributed by atoms with Crippen molar-refractivity contribution in [2.45, 2.75) is 51.7 Å². The van der Waals surface area contributed by atoms with Crippen LogP contribution < -0.4 is 0 Å². The quantitative estimate of drug-likeness (QED) is 0.370. The molecule has 5 rings (SSSR count). The number of fused-ring (bicyclic) bond motifs is 4. The zero-order chi connectivity index (χ0) is 23.9. The van der Waals surface area contributed by atoms with Crippen molar-refractivity contribution in [1.29, 1.82) is 0 Å². The van der Waals surface area contributed by atoms with Gasteiger partial charge >= 0.3 is 0 Å². The van der Waals surface area contributed by atoms with Crippen molar-refractivity contribution in [3.63, 3.8) is 0 Å². The van der Waals surface area contributed by atoms with Crippen LogP contribution in [-0.2, 0) is 17.7 Å². The average Bonchev–Trinajstić information content (AvgIpc) is 3.17. The van der Waals surface area contributed by atoms with E-state index in [0.717, 1.165) is 67.5 Å². The van der Waals surface area contributed by atoms with Gasteiger partial charge in [-0.1, -0.05) is 37.3 Å². The lowest BCUT2D eigenvalue weighted by Gasteiger charge is -2.44. The molecule has 0 N–H and O–H groups in total. The number of rotatable bonds is 5. The van der Waals surface area contributed by atoms with Crippen LogP contribution in [0.3, 0.4) is 0 Å². The van der Waals surface area contributed by atoms with Gasteiger partial charge in [-0.3, -0.25) is 24.4 Å². The standard InChI is InChI=1S/C27H31N3O4/c1-3-27-14-6-15-28(18-19-9-11-20(12-10-19)30(32)33)16-13-22-21-7-4-5-8-23(21)29(24(31)17-27)25(22)26(27)34-2/h4-5,7-12,26H,3,6,13-18H2,1-2H3/t26?,27-/m0/s1. The molecule has 0 saturated heterocycles. The summed E-state index contributed by atoms with van der Waals surface area (Å²) in [5, 5.41) is 12.1. The molecule has 178 valence electrons. The molecule has 3 heterocycles. The minimum atomic E-state index is -0.360. The Balaban J connectivity index is 1.54. The summed E-state index contributed by atoms with van der Waals surface area (Å²) in [6, 6.07) is 15.1. The first-order chi connectivity index (χ1) is 16.5. The van der Waals surface area contributed by atoms with Crippen molar-refractivity contribution in [3.05, 3.63) is 75.5 Å². The number of non-ortho nitro benzene ring substituents is 1. The Morgan fingerprint density at radius 1 is 1.15 bits per heavy atom. The van der Waals surface area contributed by atoms with Gasteiger partial charge in [0, 0.05) is 49.6 Å². The lowest BCUT2D eigenvalue weighted by atomic mass is 9.69. The second-order valence-electron chi connectivity index (χ2n) is 9.67. The normalized spacial score (nSPS) is 23.2. The number of carbonyl (C=O) groups excluding carboxylic acids is 1. The molecule has 0 radical (unpaired) electrons. The van der Waals surface area contributed by atoms with Crippen LogP contribution in [-0.4, -0.2) is 40.5 Å². The number of carbonyl (C=O) groups is 1. The van der Waals surface area contributed by atoms with Crippen LogP contribution in [0.25, 0.3) is 10.9 Å². The van der Waals surface area contributed by atoms with Crippen LogP contribution in [0.15, 0.2) is 48.5 Å². The summed E-state index contributed by atoms with van der Waals surface area (Å²) in [4.78, 5) is 26.6. The summed E-state index contributed by atoms with van der Waals surface area (Å²) in [5.41, 5.74) is 4.21. The van der Waals surface area contributed by atoms with Gasteiger partial charge in [-0.05, 0) is 49.4 Å². The van der Waals surface area contributed by atoms with Gasteiger partial charge in [0.1, 0.15) is 6.10 Å². The summed E-state index contributed by atoms with van der Waals surface area (Å²) in [5.74, 6) is 0.177. The Morgan fingerprint density at radius 2 is 1.91 bits per heavy atom. The number of para-hydroxylation sites is 1. The lowest BCUT2D eigenvalue weighted by molar-refractivity contribution is -0.384. The molecule has 3 aromatic rings. The number of methoxy groups -OCH3 is 1. The van der Waals surface area contributed by atoms with E-state index in [2.05, 4.69) is 17.9 Å². The molecule has 2 atom stereocenters. The van der Waals surface area contributed by atoms with Crippen LogP contribution >= 0.6 is 0 Å². The molecule has 7 nitrogen and oxygen atoms in total. The SMILES string of the molecule is CC[C@]12CCCN(Cc3ccc([N+](=O)[O-])cc3)CCc3c(n(c4ccccc34)C(=O)C1)C2OC. The van der Waals surface area contributed by atoms with Crippen LogP contribution in [0.1, 0.15) is 60.3 Å². The molecular formula is C27H31N3O4. The molecule has 7 heteroatoms. The number of nitrogens with zero attached hydrogens (tertiary/aromatic N) is 3. The highest BCUT2D eigenvalue weighted by atomic mass is 16.6. The van der Waals surface area contributed by atoms with Gasteiger partial charge in [-0.25, -0.2) is 0 Å². The highest BCUT2D eigenvalue weighted by Gasteiger charge is 2.48. The van der Waals surface area contributed by atoms with E-state index in [9.17, 15) is 14.9 Å². The Morgan fingerprint density at radius 3 is 2.62 bits per heavy atom. The van der Waals surface area contributed by atoms with Crippen LogP contribution in [0.5, 0.6) is 0 Å². The van der Waals surface area contributed by atoms with Crippen molar-refractivity contribution in [3.8, 4) is 0 Å². The van der Waals surface area contributed by atoms with E-state index in [-0.39, 0.29) is 28.0 Å². The largest absolute Gasteiger partial charge is 0.375 e. The van der Waals surface area contributed by atoms with Crippen molar-refractivity contribution < 1.29 is 14.5 Å². The average molecular weight is 462 g/mol. The van der Waals surface area contributed by atoms with E-state index in [1.165, 1.54) is 5.56 Å². The third kappa shape index (κ3) is 3.73. The van der Waals surface area contributed by atoms with Gasteiger partial charge in [0.25, 0.3) is 5.69 Å². The molecule has 2 aliphatic rings. The monoisotopic (exact) mass is 461 g/mol. The molecule has 2 bridgehead atoms. The minimum Gasteiger partial charge on any atom is -0.375 e. The Hall–Kier alpha value is -3.03. The number of ether oxygens (including phenoxy) is 1. The molecule has 2 aromatic carbocycles. The first-order valence-corrected chi connectivity index (χ1v) is 12.1. The zero-order valence-electron chi connectivity index (χ0n) is 19.8. The Kier molecular flexibility index (Phi) is 6.00. The molecule has 0 saturated carbocycles. The fraction of sp³-hybridized carbons (Fsp3) is 0.444. The number of benzene rings is 2. The first kappa shape index (κ1) is 22.7. The maximum Gasteiger partial charge on any atom is 0.269 e. The molecule has 0 amide bonds. The number of aromatic nitrogens is 1. The molecule has 0 fully saturated rings. The third-order valence-electron chi connectivity index (χ3n) is 7.90. The van der Waals surface area contributed by atoms with Gasteiger partial charge in [0.2, 0.25) is 5.91 Å². The fourth-order valence-corrected chi connectivity index (χ4v) is 6.14. The van der Waals surface area contributed by atoms with E-state index in [4.69, 9.17) is 4.74 Å². The van der Waals surface area contributed by atoms with E-state index in [1.54, 1.807) is 19.2 Å². The fourth-order valence-electron chi connectivity index (χ4n) is 6.14. The minimum absolute atomic E-state index is 0.0983. The Labute approximate surface area is 199 Å². The number of hydrogen-bond acceptors (Lipinski definition) is 5. The van der Waals surface area contributed by atoms with E-state index in [0.29, 0.717) is 6.42 Å². The van der Waals surface area contributed by atoms with Gasteiger partial charge in [-0.15, -0.1) is 0 Å². The topological polar surface area (TPSA) is 77.6 Å². The van der Waals surface area contributed by atoms with E-state index >= 15 is 0 Å². The molecule has 1 aromatic heterocycles. The van der Waals surface area contributed by atoms with Gasteiger partial charge < -0.3 is 4.74 Å². The number of nitro benzene ring substituents is 1. The summed E-state index contributed by atoms with van der Waals surface area (Å²) in [6.07, 6.45) is 4.01. The van der Waals surface area contributed by atoms with Crippen LogP contribution in [0.2, 0.25) is 0 Å². The lowest BCUT2D eigenvalue weighted by Crippen LogP contribution is -2.42. The second kappa shape index (κ2) is 8.96. The van der Waals surface area contributed by atoms with Crippen molar-refractivity contribution in [2.24, 2.45) is 5.41 Å². The maximum atomic E-state index is 13.5. The maximum absolute atomic E-state index is 13.5. The summed E-state index contributed by atoms with van der Waals surface area (Å²) < 4.78 is 8.10. The third-order valence-corrected chi connectivity index (χ3v) is 7.90. The first-order valence-electron chi connectivity index (χ1n) is 12.1. The highest BCUT2D eigenvalue weighted by Crippen LogP contribution is 2.52. The van der Waals surface area contributed by atoms with Gasteiger partial charge in [-0.2, -0.15) is 0 Å². The molecule has 1 unspecified atom stereocenters. The molecule has 0 spiro atoms. The smallest absolute Gasteiger partial charge is 0.269 e. The van der Waals surface area contributed by atoms with E-state index in [1.807, 2.05) is 34.9 Å². The molecule has 34 heavy (non-hydrogen) atoms. The van der Waals surface area contributed by atoms with Crippen molar-refractivity contribution in [1.82, 2.24) is 9.47 Å². The predicted octanol–water partition coefficient (Wildman–Crippen LogP) is 5.52. The highest BCUT2D eigenvalue weighted by molar-refractivity contribution is 5.97. The van der Waals surface area contributed by atoms with Crippen LogP contribution in [0, 0.1) is 15.5 Å². The Bertz CT molecular complexity index is 1230. The molecular weight excluding hydrogens is 430 g/mol.